The first-order valence-corrected chi connectivity index (χ1v) is 4.63. The molecule has 0 spiro atoms. The van der Waals surface area contributed by atoms with E-state index in [0.29, 0.717) is 5.75 Å². The first kappa shape index (κ1) is 9.67. The average molecular weight is 159 g/mol. The highest BCUT2D eigenvalue weighted by Gasteiger charge is 1.89. The maximum Gasteiger partial charge on any atom is 0.0975 e. The van der Waals surface area contributed by atoms with Crippen LogP contribution in [0.1, 0.15) is 20.3 Å². The molecule has 0 aliphatic carbocycles. The number of hydrogen-bond donors (Lipinski definition) is 1. The zero-order chi connectivity index (χ0) is 7.98. The second-order valence-electron chi connectivity index (χ2n) is 2.08. The maximum atomic E-state index is 10.8. The van der Waals surface area contributed by atoms with Crippen molar-refractivity contribution in [2.75, 3.05) is 5.75 Å². The normalized spacial score (nSPS) is 15.1. The molecule has 0 rings (SSSR count). The molecule has 2 N–H and O–H groups in total. The summed E-state index contributed by atoms with van der Waals surface area (Å²) in [6.07, 6.45) is 0.903. The van der Waals surface area contributed by atoms with Crippen molar-refractivity contribution in [2.24, 2.45) is 5.73 Å². The van der Waals surface area contributed by atoms with Gasteiger partial charge in [0.15, 0.2) is 0 Å². The van der Waals surface area contributed by atoms with Crippen LogP contribution in [-0.2, 0) is 10.8 Å². The van der Waals surface area contributed by atoms with Crippen LogP contribution in [0.4, 0.5) is 0 Å². The lowest BCUT2D eigenvalue weighted by Gasteiger charge is -1.88. The van der Waals surface area contributed by atoms with Crippen LogP contribution in [-0.4, -0.2) is 16.0 Å². The molecule has 2 atom stereocenters. The predicted molar refractivity (Wildman–Crippen MR) is 44.7 cm³/mol. The third-order valence-corrected chi connectivity index (χ3v) is 1.91. The fourth-order valence-electron chi connectivity index (χ4n) is 0.395. The standard InChI is InChI=1S/C7H13NOS/c1-3-5-10(9)6-4-7(2)8/h7H,3,5,8H2,1-2H3. The van der Waals surface area contributed by atoms with Crippen LogP contribution in [0.25, 0.3) is 0 Å². The van der Waals surface area contributed by atoms with Gasteiger partial charge in [-0.3, -0.25) is 0 Å². The summed E-state index contributed by atoms with van der Waals surface area (Å²) in [5.74, 6) is 3.31. The van der Waals surface area contributed by atoms with E-state index in [9.17, 15) is 4.21 Å². The quantitative estimate of drug-likeness (QED) is 0.595. The molecule has 0 bridgehead atoms. The second kappa shape index (κ2) is 5.45. The molecule has 10 heavy (non-hydrogen) atoms. The minimum absolute atomic E-state index is 0.166. The summed E-state index contributed by atoms with van der Waals surface area (Å²) >= 11 is 0. The smallest absolute Gasteiger partial charge is 0.0975 e. The molecule has 3 heteroatoms. The fraction of sp³-hybridized carbons (Fsp3) is 0.714. The SMILES string of the molecule is CCCS(=O)C#CC(C)N. The minimum atomic E-state index is -0.982. The Hall–Kier alpha value is -0.330. The van der Waals surface area contributed by atoms with Gasteiger partial charge in [-0.2, -0.15) is 0 Å². The molecular formula is C7H13NOS. The van der Waals surface area contributed by atoms with E-state index in [1.165, 1.54) is 0 Å². The van der Waals surface area contributed by atoms with Gasteiger partial charge in [0.1, 0.15) is 0 Å². The molecule has 0 heterocycles. The van der Waals surface area contributed by atoms with Gasteiger partial charge in [0.2, 0.25) is 0 Å². The van der Waals surface area contributed by atoms with E-state index >= 15 is 0 Å². The zero-order valence-electron chi connectivity index (χ0n) is 6.39. The molecule has 0 saturated heterocycles. The molecule has 58 valence electrons. The highest BCUT2D eigenvalue weighted by atomic mass is 32.2. The monoisotopic (exact) mass is 159 g/mol. The summed E-state index contributed by atoms with van der Waals surface area (Å²) < 4.78 is 10.8. The molecule has 0 aromatic heterocycles. The van der Waals surface area contributed by atoms with Crippen LogP contribution in [0, 0.1) is 11.2 Å². The van der Waals surface area contributed by atoms with Crippen molar-refractivity contribution in [1.29, 1.82) is 0 Å². The third-order valence-electron chi connectivity index (χ3n) is 0.790. The van der Waals surface area contributed by atoms with Crippen LogP contribution < -0.4 is 5.73 Å². The van der Waals surface area contributed by atoms with Crippen molar-refractivity contribution in [3.63, 3.8) is 0 Å². The highest BCUT2D eigenvalue weighted by Crippen LogP contribution is 1.83. The molecule has 2 nitrogen and oxygen atoms in total. The Morgan fingerprint density at radius 3 is 2.70 bits per heavy atom. The molecule has 0 amide bonds. The van der Waals surface area contributed by atoms with Gasteiger partial charge in [-0.1, -0.05) is 12.8 Å². The Bertz CT molecular complexity index is 166. The summed E-state index contributed by atoms with van der Waals surface area (Å²) in [5.41, 5.74) is 5.33. The minimum Gasteiger partial charge on any atom is -0.318 e. The fourth-order valence-corrected chi connectivity index (χ4v) is 1.19. The Labute approximate surface area is 64.6 Å². The van der Waals surface area contributed by atoms with Crippen LogP contribution >= 0.6 is 0 Å². The third kappa shape index (κ3) is 5.80. The molecule has 0 saturated carbocycles. The number of nitrogens with two attached hydrogens (primary N) is 1. The zero-order valence-corrected chi connectivity index (χ0v) is 7.20. The van der Waals surface area contributed by atoms with Crippen LogP contribution in [0.3, 0.4) is 0 Å². The van der Waals surface area contributed by atoms with Crippen LogP contribution in [0.5, 0.6) is 0 Å². The van der Waals surface area contributed by atoms with E-state index in [2.05, 4.69) is 11.2 Å². The summed E-state index contributed by atoms with van der Waals surface area (Å²) in [4.78, 5) is 0. The van der Waals surface area contributed by atoms with Crippen molar-refractivity contribution in [3.05, 3.63) is 0 Å². The lowest BCUT2D eigenvalue weighted by molar-refractivity contribution is 0.688. The van der Waals surface area contributed by atoms with Gasteiger partial charge in [0, 0.05) is 5.75 Å². The topological polar surface area (TPSA) is 43.1 Å². The predicted octanol–water partition coefficient (Wildman–Crippen LogP) is 0.453. The van der Waals surface area contributed by atoms with E-state index in [4.69, 9.17) is 5.73 Å². The highest BCUT2D eigenvalue weighted by molar-refractivity contribution is 7.89. The van der Waals surface area contributed by atoms with E-state index in [-0.39, 0.29) is 6.04 Å². The molecule has 0 aromatic rings. The average Bonchev–Trinajstić information content (AvgIpc) is 1.85. The van der Waals surface area contributed by atoms with Gasteiger partial charge < -0.3 is 5.73 Å². The van der Waals surface area contributed by atoms with Crippen molar-refractivity contribution in [2.45, 2.75) is 26.3 Å². The van der Waals surface area contributed by atoms with Gasteiger partial charge in [-0.05, 0) is 18.6 Å². The number of rotatable bonds is 2. The van der Waals surface area contributed by atoms with E-state index in [1.54, 1.807) is 6.92 Å². The van der Waals surface area contributed by atoms with E-state index < -0.39 is 10.8 Å². The van der Waals surface area contributed by atoms with Crippen molar-refractivity contribution < 1.29 is 4.21 Å². The number of hydrogen-bond acceptors (Lipinski definition) is 2. The first-order chi connectivity index (χ1) is 4.66. The largest absolute Gasteiger partial charge is 0.318 e. The van der Waals surface area contributed by atoms with Crippen molar-refractivity contribution >= 4 is 10.8 Å². The molecule has 0 aromatic carbocycles. The van der Waals surface area contributed by atoms with E-state index in [1.807, 2.05) is 6.92 Å². The lowest BCUT2D eigenvalue weighted by atomic mass is 10.4. The summed E-state index contributed by atoms with van der Waals surface area (Å²) in [7, 11) is -0.982. The van der Waals surface area contributed by atoms with Crippen LogP contribution in [0.15, 0.2) is 0 Å². The van der Waals surface area contributed by atoms with Gasteiger partial charge in [-0.15, -0.1) is 0 Å². The lowest BCUT2D eigenvalue weighted by Crippen LogP contribution is -2.11. The Balaban J connectivity index is 3.69. The molecule has 0 fully saturated rings. The molecular weight excluding hydrogens is 146 g/mol. The second-order valence-corrected chi connectivity index (χ2v) is 3.39. The van der Waals surface area contributed by atoms with Crippen molar-refractivity contribution in [3.8, 4) is 11.2 Å². The first-order valence-electron chi connectivity index (χ1n) is 3.32. The Morgan fingerprint density at radius 2 is 2.30 bits per heavy atom. The molecule has 2 unspecified atom stereocenters. The van der Waals surface area contributed by atoms with E-state index in [0.717, 1.165) is 6.42 Å². The summed E-state index contributed by atoms with van der Waals surface area (Å²) in [5, 5.41) is 2.58. The molecule has 0 aliphatic rings. The van der Waals surface area contributed by atoms with Gasteiger partial charge >= 0.3 is 0 Å². The maximum absolute atomic E-state index is 10.8. The Kier molecular flexibility index (Phi) is 5.27. The van der Waals surface area contributed by atoms with Gasteiger partial charge in [0.05, 0.1) is 16.8 Å². The Morgan fingerprint density at radius 1 is 1.70 bits per heavy atom. The van der Waals surface area contributed by atoms with Gasteiger partial charge in [-0.25, -0.2) is 4.21 Å². The van der Waals surface area contributed by atoms with Crippen molar-refractivity contribution in [1.82, 2.24) is 0 Å². The molecule has 0 aliphatic heterocycles. The molecule has 0 radical (unpaired) electrons. The van der Waals surface area contributed by atoms with Gasteiger partial charge in [0.25, 0.3) is 0 Å². The van der Waals surface area contributed by atoms with Crippen LogP contribution in [0.2, 0.25) is 0 Å². The summed E-state index contributed by atoms with van der Waals surface area (Å²) in [6, 6.07) is -0.166. The summed E-state index contributed by atoms with van der Waals surface area (Å²) in [6.45, 7) is 3.75.